The van der Waals surface area contributed by atoms with Gasteiger partial charge in [0.05, 0.1) is 4.90 Å². The van der Waals surface area contributed by atoms with Gasteiger partial charge in [-0.15, -0.1) is 0 Å². The number of hydrogen-bond donors (Lipinski definition) is 2. The minimum atomic E-state index is -5.08. The summed E-state index contributed by atoms with van der Waals surface area (Å²) in [5.41, 5.74) is -0.541. The van der Waals surface area contributed by atoms with Crippen molar-refractivity contribution in [2.24, 2.45) is 0 Å². The summed E-state index contributed by atoms with van der Waals surface area (Å²) in [6.45, 7) is 2.28. The lowest BCUT2D eigenvalue weighted by molar-refractivity contribution is -0.0976. The first-order valence-corrected chi connectivity index (χ1v) is 8.15. The van der Waals surface area contributed by atoms with Gasteiger partial charge in [0, 0.05) is 24.2 Å². The predicted octanol–water partition coefficient (Wildman–Crippen LogP) is 2.73. The van der Waals surface area contributed by atoms with Crippen molar-refractivity contribution in [3.63, 3.8) is 0 Å². The van der Waals surface area contributed by atoms with Crippen LogP contribution < -0.4 is 5.32 Å². The first-order valence-electron chi connectivity index (χ1n) is 6.60. The smallest absolute Gasteiger partial charge is 0.341 e. The second-order valence-corrected chi connectivity index (χ2v) is 6.96. The van der Waals surface area contributed by atoms with Crippen molar-refractivity contribution in [3.8, 4) is 0 Å². The molecule has 124 valence electrons. The van der Waals surface area contributed by atoms with E-state index in [2.05, 4.69) is 5.32 Å². The van der Waals surface area contributed by atoms with Crippen LogP contribution in [0.15, 0.2) is 17.0 Å². The normalized spacial score (nSPS) is 20.2. The molecular weight excluding hydrogens is 326 g/mol. The Hall–Kier alpha value is -1.35. The maximum absolute atomic E-state index is 13.7. The van der Waals surface area contributed by atoms with E-state index in [1.54, 1.807) is 0 Å². The lowest BCUT2D eigenvalue weighted by atomic mass is 10.1. The van der Waals surface area contributed by atoms with E-state index >= 15 is 0 Å². The molecular formula is C13H15F4NO3S. The number of rotatable bonds is 5. The van der Waals surface area contributed by atoms with Crippen LogP contribution in [-0.4, -0.2) is 31.7 Å². The minimum Gasteiger partial charge on any atom is -0.385 e. The van der Waals surface area contributed by atoms with Gasteiger partial charge in [-0.2, -0.15) is 8.78 Å². The van der Waals surface area contributed by atoms with Crippen molar-refractivity contribution >= 4 is 15.5 Å². The second kappa shape index (κ2) is 5.69. The molecule has 2 N–H and O–H groups in total. The van der Waals surface area contributed by atoms with Gasteiger partial charge in [0.2, 0.25) is 9.84 Å². The Balaban J connectivity index is 2.65. The van der Waals surface area contributed by atoms with Crippen LogP contribution in [0.5, 0.6) is 0 Å². The predicted molar refractivity (Wildman–Crippen MR) is 72.0 cm³/mol. The van der Waals surface area contributed by atoms with E-state index in [9.17, 15) is 31.1 Å². The van der Waals surface area contributed by atoms with Gasteiger partial charge >= 0.3 is 5.76 Å². The number of fused-ring (bicyclic) bond motifs is 1. The van der Waals surface area contributed by atoms with Gasteiger partial charge in [-0.25, -0.2) is 17.2 Å². The first kappa shape index (κ1) is 17.0. The molecule has 2 rings (SSSR count). The average Bonchev–Trinajstić information content (AvgIpc) is 2.67. The van der Waals surface area contributed by atoms with Gasteiger partial charge in [-0.05, 0) is 24.1 Å². The number of alkyl halides is 4. The topological polar surface area (TPSA) is 66.4 Å². The van der Waals surface area contributed by atoms with E-state index < -0.39 is 44.5 Å². The summed E-state index contributed by atoms with van der Waals surface area (Å²) >= 11 is 0. The molecule has 0 radical (unpaired) electrons. The molecule has 0 amide bonds. The van der Waals surface area contributed by atoms with Crippen molar-refractivity contribution in [2.75, 3.05) is 11.9 Å². The molecule has 1 aliphatic rings. The SMILES string of the molecule is CCCNc1ccc(S(=O)(=O)C(F)F)c2c1CC(F)(F)[C@H]2O. The van der Waals surface area contributed by atoms with Crippen LogP contribution in [0.1, 0.15) is 30.6 Å². The van der Waals surface area contributed by atoms with E-state index in [0.717, 1.165) is 6.07 Å². The highest BCUT2D eigenvalue weighted by Crippen LogP contribution is 2.48. The third-order valence-corrected chi connectivity index (χ3v) is 4.95. The fourth-order valence-electron chi connectivity index (χ4n) is 2.45. The van der Waals surface area contributed by atoms with Gasteiger partial charge in [0.25, 0.3) is 5.92 Å². The number of nitrogens with one attached hydrogen (secondary N) is 1. The molecule has 0 saturated heterocycles. The molecule has 22 heavy (non-hydrogen) atoms. The third-order valence-electron chi connectivity index (χ3n) is 3.51. The fourth-order valence-corrected chi connectivity index (χ4v) is 3.44. The second-order valence-electron chi connectivity index (χ2n) is 5.08. The van der Waals surface area contributed by atoms with Crippen LogP contribution in [0, 0.1) is 0 Å². The largest absolute Gasteiger partial charge is 0.385 e. The number of aliphatic hydroxyl groups is 1. The van der Waals surface area contributed by atoms with Gasteiger partial charge in [0.15, 0.2) is 0 Å². The number of aliphatic hydroxyl groups excluding tert-OH is 1. The summed E-state index contributed by atoms with van der Waals surface area (Å²) in [7, 11) is -5.08. The maximum atomic E-state index is 13.7. The summed E-state index contributed by atoms with van der Waals surface area (Å²) in [6, 6.07) is 2.01. The van der Waals surface area contributed by atoms with Crippen molar-refractivity contribution in [1.29, 1.82) is 0 Å². The Bertz CT molecular complexity index is 676. The van der Waals surface area contributed by atoms with E-state index in [1.807, 2.05) is 6.92 Å². The van der Waals surface area contributed by atoms with E-state index in [-0.39, 0.29) is 11.3 Å². The number of hydrogen-bond acceptors (Lipinski definition) is 4. The first-order chi connectivity index (χ1) is 10.1. The molecule has 0 heterocycles. The van der Waals surface area contributed by atoms with Gasteiger partial charge in [-0.3, -0.25) is 0 Å². The van der Waals surface area contributed by atoms with Crippen LogP contribution in [-0.2, 0) is 16.3 Å². The van der Waals surface area contributed by atoms with Crippen molar-refractivity contribution < 1.29 is 31.1 Å². The summed E-state index contributed by atoms with van der Waals surface area (Å²) in [4.78, 5) is -0.941. The zero-order valence-electron chi connectivity index (χ0n) is 11.6. The summed E-state index contributed by atoms with van der Waals surface area (Å²) < 4.78 is 76.2. The monoisotopic (exact) mass is 341 g/mol. The van der Waals surface area contributed by atoms with E-state index in [1.165, 1.54) is 6.07 Å². The zero-order valence-corrected chi connectivity index (χ0v) is 12.4. The highest BCUT2D eigenvalue weighted by molar-refractivity contribution is 7.91. The number of benzene rings is 1. The van der Waals surface area contributed by atoms with Gasteiger partial charge in [-0.1, -0.05) is 6.92 Å². The van der Waals surface area contributed by atoms with Crippen molar-refractivity contribution in [3.05, 3.63) is 23.3 Å². The molecule has 0 aromatic heterocycles. The molecule has 0 unspecified atom stereocenters. The van der Waals surface area contributed by atoms with E-state index in [4.69, 9.17) is 0 Å². The minimum absolute atomic E-state index is 0.132. The molecule has 0 aliphatic heterocycles. The molecule has 1 aromatic rings. The Kier molecular flexibility index (Phi) is 4.40. The molecule has 9 heteroatoms. The lowest BCUT2D eigenvalue weighted by Gasteiger charge is -2.16. The standard InChI is InChI=1S/C13H15F4NO3S/c1-2-5-18-8-3-4-9(22(20,21)12(14)15)10-7(8)6-13(16,17)11(10)19/h3-4,11-12,18-19H,2,5-6H2,1H3/t11-/m0/s1. The quantitative estimate of drug-likeness (QED) is 0.808. The molecule has 0 saturated carbocycles. The van der Waals surface area contributed by atoms with Crippen LogP contribution in [0.25, 0.3) is 0 Å². The molecule has 4 nitrogen and oxygen atoms in total. The Morgan fingerprint density at radius 3 is 2.59 bits per heavy atom. The van der Waals surface area contributed by atoms with Crippen molar-refractivity contribution in [2.45, 2.75) is 42.4 Å². The molecule has 1 atom stereocenters. The maximum Gasteiger partial charge on any atom is 0.341 e. The number of anilines is 1. The zero-order chi connectivity index (χ0) is 16.7. The Morgan fingerprint density at radius 2 is 2.05 bits per heavy atom. The molecule has 1 aromatic carbocycles. The highest BCUT2D eigenvalue weighted by atomic mass is 32.2. The van der Waals surface area contributed by atoms with Crippen LogP contribution >= 0.6 is 0 Å². The summed E-state index contributed by atoms with van der Waals surface area (Å²) in [5, 5.41) is 12.5. The lowest BCUT2D eigenvalue weighted by Crippen LogP contribution is -2.23. The van der Waals surface area contributed by atoms with Crippen molar-refractivity contribution in [1.82, 2.24) is 0 Å². The van der Waals surface area contributed by atoms with Gasteiger partial charge < -0.3 is 10.4 Å². The molecule has 1 aliphatic carbocycles. The molecule has 0 fully saturated rings. The van der Waals surface area contributed by atoms with Gasteiger partial charge in [0.1, 0.15) is 6.10 Å². The number of halogens is 4. The summed E-state index contributed by atoms with van der Waals surface area (Å²) in [6.07, 6.45) is -2.64. The van der Waals surface area contributed by atoms with E-state index in [0.29, 0.717) is 13.0 Å². The van der Waals surface area contributed by atoms with Crippen LogP contribution in [0.2, 0.25) is 0 Å². The summed E-state index contributed by atoms with van der Waals surface area (Å²) in [5.74, 6) is -7.34. The van der Waals surface area contributed by atoms with Crippen LogP contribution in [0.4, 0.5) is 23.2 Å². The number of sulfone groups is 1. The van der Waals surface area contributed by atoms with Crippen LogP contribution in [0.3, 0.4) is 0 Å². The Labute approximate surface area is 125 Å². The Morgan fingerprint density at radius 1 is 1.41 bits per heavy atom. The fraction of sp³-hybridized carbons (Fsp3) is 0.538. The average molecular weight is 341 g/mol. The molecule has 0 bridgehead atoms. The third kappa shape index (κ3) is 2.67. The highest BCUT2D eigenvalue weighted by Gasteiger charge is 2.51. The molecule has 0 spiro atoms.